The zero-order chi connectivity index (χ0) is 17.9. The number of rotatable bonds is 4. The van der Waals surface area contributed by atoms with Gasteiger partial charge in [0.2, 0.25) is 10.0 Å². The molecule has 25 heavy (non-hydrogen) atoms. The van der Waals surface area contributed by atoms with Crippen LogP contribution in [0.3, 0.4) is 0 Å². The third kappa shape index (κ3) is 3.91. The highest BCUT2D eigenvalue weighted by Crippen LogP contribution is 2.21. The third-order valence-electron chi connectivity index (χ3n) is 4.46. The van der Waals surface area contributed by atoms with Crippen LogP contribution in [-0.4, -0.2) is 31.7 Å². The highest BCUT2D eigenvalue weighted by molar-refractivity contribution is 7.89. The van der Waals surface area contributed by atoms with Crippen molar-refractivity contribution < 1.29 is 13.2 Å². The highest BCUT2D eigenvalue weighted by atomic mass is 32.2. The smallest absolute Gasteiger partial charge is 0.255 e. The number of hydrogen-bond donors (Lipinski definition) is 1. The van der Waals surface area contributed by atoms with Gasteiger partial charge < -0.3 is 5.32 Å². The van der Waals surface area contributed by atoms with Gasteiger partial charge in [0.1, 0.15) is 0 Å². The van der Waals surface area contributed by atoms with Gasteiger partial charge in [0, 0.05) is 24.3 Å². The SMILES string of the molecule is Cc1ccccc1NC(=O)c1ccc(S(=O)(=O)N2CCCCC2)cc1. The first kappa shape index (κ1) is 17.6. The molecule has 1 fully saturated rings. The zero-order valence-corrected chi connectivity index (χ0v) is 15.1. The number of nitrogens with one attached hydrogen (secondary N) is 1. The molecular formula is C19H22N2O3S. The second-order valence-electron chi connectivity index (χ2n) is 6.26. The number of para-hydroxylation sites is 1. The van der Waals surface area contributed by atoms with Crippen molar-refractivity contribution in [3.8, 4) is 0 Å². The van der Waals surface area contributed by atoms with E-state index in [2.05, 4.69) is 5.32 Å². The molecule has 0 spiro atoms. The fourth-order valence-electron chi connectivity index (χ4n) is 2.94. The van der Waals surface area contributed by atoms with Crippen LogP contribution >= 0.6 is 0 Å². The number of carbonyl (C=O) groups excluding carboxylic acids is 1. The van der Waals surface area contributed by atoms with Crippen LogP contribution in [-0.2, 0) is 10.0 Å². The standard InChI is InChI=1S/C19H22N2O3S/c1-15-7-3-4-8-18(15)20-19(22)16-9-11-17(12-10-16)25(23,24)21-13-5-2-6-14-21/h3-4,7-12H,2,5-6,13-14H2,1H3,(H,20,22). The first-order valence-electron chi connectivity index (χ1n) is 8.46. The minimum absolute atomic E-state index is 0.238. The van der Waals surface area contributed by atoms with Crippen LogP contribution in [0, 0.1) is 6.92 Å². The van der Waals surface area contributed by atoms with E-state index in [0.717, 1.165) is 30.5 Å². The Labute approximate surface area is 148 Å². The molecule has 2 aromatic rings. The van der Waals surface area contributed by atoms with Crippen LogP contribution in [0.5, 0.6) is 0 Å². The summed E-state index contributed by atoms with van der Waals surface area (Å²) in [6, 6.07) is 13.7. The molecule has 1 aliphatic rings. The molecule has 0 saturated carbocycles. The van der Waals surface area contributed by atoms with Crippen molar-refractivity contribution in [2.24, 2.45) is 0 Å². The van der Waals surface area contributed by atoms with Crippen molar-refractivity contribution in [1.82, 2.24) is 4.31 Å². The quantitative estimate of drug-likeness (QED) is 0.911. The summed E-state index contributed by atoms with van der Waals surface area (Å²) in [5, 5.41) is 2.85. The lowest BCUT2D eigenvalue weighted by Crippen LogP contribution is -2.35. The number of carbonyl (C=O) groups is 1. The molecule has 0 radical (unpaired) electrons. The topological polar surface area (TPSA) is 66.5 Å². The van der Waals surface area contributed by atoms with E-state index >= 15 is 0 Å². The van der Waals surface area contributed by atoms with Crippen molar-refractivity contribution in [2.75, 3.05) is 18.4 Å². The highest BCUT2D eigenvalue weighted by Gasteiger charge is 2.25. The molecule has 1 aliphatic heterocycles. The van der Waals surface area contributed by atoms with Gasteiger partial charge in [-0.15, -0.1) is 0 Å². The summed E-state index contributed by atoms with van der Waals surface area (Å²) in [5.41, 5.74) is 2.15. The molecule has 0 aromatic heterocycles. The summed E-state index contributed by atoms with van der Waals surface area (Å²) in [6.45, 7) is 3.06. The molecule has 6 heteroatoms. The minimum Gasteiger partial charge on any atom is -0.322 e. The van der Waals surface area contributed by atoms with Gasteiger partial charge in [0.15, 0.2) is 0 Å². The Morgan fingerprint density at radius 2 is 1.60 bits per heavy atom. The lowest BCUT2D eigenvalue weighted by atomic mass is 10.1. The number of anilines is 1. The largest absolute Gasteiger partial charge is 0.322 e. The van der Waals surface area contributed by atoms with Crippen molar-refractivity contribution in [2.45, 2.75) is 31.1 Å². The molecular weight excluding hydrogens is 336 g/mol. The fraction of sp³-hybridized carbons (Fsp3) is 0.316. The molecule has 1 N–H and O–H groups in total. The van der Waals surface area contributed by atoms with Crippen LogP contribution in [0.2, 0.25) is 0 Å². The van der Waals surface area contributed by atoms with Crippen LogP contribution in [0.1, 0.15) is 35.2 Å². The lowest BCUT2D eigenvalue weighted by Gasteiger charge is -2.25. The molecule has 0 aliphatic carbocycles. The van der Waals surface area contributed by atoms with Gasteiger partial charge in [-0.2, -0.15) is 4.31 Å². The predicted molar refractivity (Wildman–Crippen MR) is 98.2 cm³/mol. The van der Waals surface area contributed by atoms with Gasteiger partial charge in [0.05, 0.1) is 4.90 Å². The third-order valence-corrected chi connectivity index (χ3v) is 6.38. The monoisotopic (exact) mass is 358 g/mol. The number of piperidine rings is 1. The summed E-state index contributed by atoms with van der Waals surface area (Å²) in [4.78, 5) is 12.6. The van der Waals surface area contributed by atoms with Crippen LogP contribution in [0.15, 0.2) is 53.4 Å². The molecule has 3 rings (SSSR count). The molecule has 1 saturated heterocycles. The average Bonchev–Trinajstić information content (AvgIpc) is 2.64. The van der Waals surface area contributed by atoms with Gasteiger partial charge >= 0.3 is 0 Å². The van der Waals surface area contributed by atoms with Gasteiger partial charge in [-0.25, -0.2) is 8.42 Å². The lowest BCUT2D eigenvalue weighted by molar-refractivity contribution is 0.102. The Morgan fingerprint density at radius 3 is 2.24 bits per heavy atom. The van der Waals surface area contributed by atoms with Gasteiger partial charge in [0.25, 0.3) is 5.91 Å². The second-order valence-corrected chi connectivity index (χ2v) is 8.20. The maximum atomic E-state index is 12.6. The summed E-state index contributed by atoms with van der Waals surface area (Å²) in [5.74, 6) is -0.253. The molecule has 0 unspecified atom stereocenters. The first-order valence-corrected chi connectivity index (χ1v) is 9.90. The minimum atomic E-state index is -3.47. The summed E-state index contributed by atoms with van der Waals surface area (Å²) < 4.78 is 26.8. The Kier molecular flexibility index (Phi) is 5.20. The number of hydrogen-bond acceptors (Lipinski definition) is 3. The van der Waals surface area contributed by atoms with Crippen molar-refractivity contribution in [1.29, 1.82) is 0 Å². The van der Waals surface area contributed by atoms with E-state index in [9.17, 15) is 13.2 Å². The van der Waals surface area contributed by atoms with Gasteiger partial charge in [-0.3, -0.25) is 4.79 Å². The van der Waals surface area contributed by atoms with Gasteiger partial charge in [-0.1, -0.05) is 24.6 Å². The first-order chi connectivity index (χ1) is 12.0. The van der Waals surface area contributed by atoms with Crippen molar-refractivity contribution in [3.63, 3.8) is 0 Å². The fourth-order valence-corrected chi connectivity index (χ4v) is 4.46. The molecule has 2 aromatic carbocycles. The maximum absolute atomic E-state index is 12.6. The van der Waals surface area contributed by atoms with Crippen molar-refractivity contribution >= 4 is 21.6 Å². The Hall–Kier alpha value is -2.18. The number of aryl methyl sites for hydroxylation is 1. The van der Waals surface area contributed by atoms with E-state index in [1.54, 1.807) is 12.1 Å². The molecule has 1 amide bonds. The molecule has 0 atom stereocenters. The Morgan fingerprint density at radius 1 is 0.960 bits per heavy atom. The number of nitrogens with zero attached hydrogens (tertiary/aromatic N) is 1. The average molecular weight is 358 g/mol. The Balaban J connectivity index is 1.75. The van der Waals surface area contributed by atoms with E-state index < -0.39 is 10.0 Å². The molecule has 132 valence electrons. The van der Waals surface area contributed by atoms with Crippen LogP contribution in [0.25, 0.3) is 0 Å². The van der Waals surface area contributed by atoms with E-state index in [1.165, 1.54) is 16.4 Å². The Bertz CT molecular complexity index is 854. The van der Waals surface area contributed by atoms with E-state index in [0.29, 0.717) is 18.7 Å². The van der Waals surface area contributed by atoms with Gasteiger partial charge in [-0.05, 0) is 55.7 Å². The molecule has 1 heterocycles. The number of benzene rings is 2. The second kappa shape index (κ2) is 7.37. The van der Waals surface area contributed by atoms with E-state index in [1.807, 2.05) is 31.2 Å². The normalized spacial score (nSPS) is 15.7. The predicted octanol–water partition coefficient (Wildman–Crippen LogP) is 3.42. The van der Waals surface area contributed by atoms with Crippen LogP contribution in [0.4, 0.5) is 5.69 Å². The number of amides is 1. The summed E-state index contributed by atoms with van der Waals surface area (Å²) >= 11 is 0. The molecule has 5 nitrogen and oxygen atoms in total. The summed E-state index contributed by atoms with van der Waals surface area (Å²) in [7, 11) is -3.47. The van der Waals surface area contributed by atoms with Crippen LogP contribution < -0.4 is 5.32 Å². The molecule has 0 bridgehead atoms. The summed E-state index contributed by atoms with van der Waals surface area (Å²) in [6.07, 6.45) is 2.87. The maximum Gasteiger partial charge on any atom is 0.255 e. The van der Waals surface area contributed by atoms with Crippen molar-refractivity contribution in [3.05, 3.63) is 59.7 Å². The van der Waals surface area contributed by atoms with E-state index in [-0.39, 0.29) is 10.8 Å². The van der Waals surface area contributed by atoms with E-state index in [4.69, 9.17) is 0 Å². The zero-order valence-electron chi connectivity index (χ0n) is 14.2. The number of sulfonamides is 1.